The Morgan fingerprint density at radius 1 is 1.41 bits per heavy atom. The molecule has 0 spiro atoms. The molecule has 1 aromatic heterocycles. The first-order valence-corrected chi connectivity index (χ1v) is 6.74. The van der Waals surface area contributed by atoms with E-state index < -0.39 is 5.97 Å². The molecule has 0 aliphatic heterocycles. The van der Waals surface area contributed by atoms with Gasteiger partial charge in [0.15, 0.2) is 0 Å². The van der Waals surface area contributed by atoms with Crippen molar-refractivity contribution in [3.63, 3.8) is 0 Å². The van der Waals surface area contributed by atoms with Gasteiger partial charge in [-0.25, -0.2) is 4.79 Å². The second-order valence-corrected chi connectivity index (χ2v) is 5.75. The molecule has 1 N–H and O–H groups in total. The van der Waals surface area contributed by atoms with Crippen LogP contribution in [0.25, 0.3) is 5.69 Å². The van der Waals surface area contributed by atoms with E-state index in [1.54, 1.807) is 16.8 Å². The molecule has 88 valence electrons. The lowest BCUT2D eigenvalue weighted by Gasteiger charge is -2.08. The van der Waals surface area contributed by atoms with Crippen LogP contribution in [0.4, 0.5) is 0 Å². The van der Waals surface area contributed by atoms with Crippen molar-refractivity contribution in [2.75, 3.05) is 0 Å². The smallest absolute Gasteiger partial charge is 0.352 e. The predicted molar refractivity (Wildman–Crippen MR) is 77.9 cm³/mol. The van der Waals surface area contributed by atoms with Crippen LogP contribution in [0.3, 0.4) is 0 Å². The number of carboxylic acids is 1. The topological polar surface area (TPSA) is 42.2 Å². The number of hydrogen-bond acceptors (Lipinski definition) is 1. The van der Waals surface area contributed by atoms with Crippen molar-refractivity contribution in [3.05, 3.63) is 49.8 Å². The number of benzene rings is 1. The van der Waals surface area contributed by atoms with E-state index in [0.717, 1.165) is 19.3 Å². The molecular weight excluding hydrogens is 397 g/mol. The molecule has 0 unspecified atom stereocenters. The standard InChI is InChI=1S/C12H9BrINO2/c1-7-2-3-9(5-10(7)13)15-6-8(14)4-11(15)12(16)17/h2-6H,1H3,(H,16,17). The highest BCUT2D eigenvalue weighted by molar-refractivity contribution is 14.1. The van der Waals surface area contributed by atoms with Gasteiger partial charge in [0, 0.05) is 19.9 Å². The molecule has 0 amide bonds. The van der Waals surface area contributed by atoms with E-state index in [9.17, 15) is 4.79 Å². The average Bonchev–Trinajstić information content (AvgIpc) is 2.64. The molecule has 2 aromatic rings. The second kappa shape index (κ2) is 4.81. The number of carbonyl (C=O) groups is 1. The molecule has 0 fully saturated rings. The Morgan fingerprint density at radius 3 is 2.71 bits per heavy atom. The van der Waals surface area contributed by atoms with Crippen LogP contribution >= 0.6 is 38.5 Å². The van der Waals surface area contributed by atoms with Gasteiger partial charge in [0.2, 0.25) is 0 Å². The maximum atomic E-state index is 11.1. The number of aromatic carboxylic acids is 1. The SMILES string of the molecule is Cc1ccc(-n2cc(I)cc2C(=O)O)cc1Br. The van der Waals surface area contributed by atoms with Crippen LogP contribution in [0.5, 0.6) is 0 Å². The Bertz CT molecular complexity index is 592. The minimum Gasteiger partial charge on any atom is -0.477 e. The van der Waals surface area contributed by atoms with Crippen molar-refractivity contribution in [1.29, 1.82) is 0 Å². The molecule has 17 heavy (non-hydrogen) atoms. The maximum Gasteiger partial charge on any atom is 0.352 e. The van der Waals surface area contributed by atoms with Crippen LogP contribution < -0.4 is 0 Å². The third-order valence-corrected chi connectivity index (χ3v) is 3.88. The monoisotopic (exact) mass is 405 g/mol. The van der Waals surface area contributed by atoms with E-state index >= 15 is 0 Å². The summed E-state index contributed by atoms with van der Waals surface area (Å²) in [6, 6.07) is 7.43. The highest BCUT2D eigenvalue weighted by atomic mass is 127. The maximum absolute atomic E-state index is 11.1. The van der Waals surface area contributed by atoms with Gasteiger partial charge in [0.05, 0.1) is 0 Å². The number of aromatic nitrogens is 1. The van der Waals surface area contributed by atoms with Gasteiger partial charge in [-0.2, -0.15) is 0 Å². The van der Waals surface area contributed by atoms with E-state index in [1.807, 2.05) is 25.1 Å². The summed E-state index contributed by atoms with van der Waals surface area (Å²) in [4.78, 5) is 11.1. The molecule has 5 heteroatoms. The second-order valence-electron chi connectivity index (χ2n) is 3.65. The molecule has 0 aliphatic carbocycles. The van der Waals surface area contributed by atoms with Crippen LogP contribution in [0, 0.1) is 10.5 Å². The zero-order valence-corrected chi connectivity index (χ0v) is 12.7. The van der Waals surface area contributed by atoms with Gasteiger partial charge in [-0.15, -0.1) is 0 Å². The molecule has 0 radical (unpaired) electrons. The van der Waals surface area contributed by atoms with E-state index in [0.29, 0.717) is 0 Å². The molecule has 0 bridgehead atoms. The zero-order chi connectivity index (χ0) is 12.6. The summed E-state index contributed by atoms with van der Waals surface area (Å²) >= 11 is 5.55. The molecule has 2 rings (SSSR count). The first kappa shape index (κ1) is 12.6. The lowest BCUT2D eigenvalue weighted by molar-refractivity contribution is 0.0688. The van der Waals surface area contributed by atoms with Crippen LogP contribution in [0.15, 0.2) is 34.9 Å². The molecule has 1 heterocycles. The summed E-state index contributed by atoms with van der Waals surface area (Å²) in [6.45, 7) is 1.99. The van der Waals surface area contributed by atoms with Crippen LogP contribution in [-0.2, 0) is 0 Å². The quantitative estimate of drug-likeness (QED) is 0.771. The Morgan fingerprint density at radius 2 is 2.12 bits per heavy atom. The normalized spacial score (nSPS) is 10.5. The van der Waals surface area contributed by atoms with Crippen molar-refractivity contribution in [2.45, 2.75) is 6.92 Å². The summed E-state index contributed by atoms with van der Waals surface area (Å²) in [5.74, 6) is -0.926. The summed E-state index contributed by atoms with van der Waals surface area (Å²) in [6.07, 6.45) is 1.81. The third-order valence-electron chi connectivity index (χ3n) is 2.44. The van der Waals surface area contributed by atoms with E-state index in [1.165, 1.54) is 0 Å². The van der Waals surface area contributed by atoms with Crippen molar-refractivity contribution in [1.82, 2.24) is 4.57 Å². The molecule has 0 aliphatic rings. The minimum absolute atomic E-state index is 0.269. The van der Waals surface area contributed by atoms with Crippen LogP contribution in [0.2, 0.25) is 0 Å². The summed E-state index contributed by atoms with van der Waals surface area (Å²) in [5, 5.41) is 9.13. The van der Waals surface area contributed by atoms with Crippen molar-refractivity contribution < 1.29 is 9.90 Å². The molecule has 0 saturated heterocycles. The fraction of sp³-hybridized carbons (Fsp3) is 0.0833. The van der Waals surface area contributed by atoms with E-state index in [4.69, 9.17) is 5.11 Å². The number of aryl methyl sites for hydroxylation is 1. The van der Waals surface area contributed by atoms with Crippen LogP contribution in [0.1, 0.15) is 16.1 Å². The Balaban J connectivity index is 2.59. The molecule has 0 saturated carbocycles. The highest BCUT2D eigenvalue weighted by Gasteiger charge is 2.13. The lowest BCUT2D eigenvalue weighted by atomic mass is 10.2. The third kappa shape index (κ3) is 2.55. The number of hydrogen-bond donors (Lipinski definition) is 1. The molecular formula is C12H9BrINO2. The Labute approximate surface area is 121 Å². The van der Waals surface area contributed by atoms with E-state index in [-0.39, 0.29) is 5.69 Å². The summed E-state index contributed by atoms with van der Waals surface area (Å²) in [5.41, 5.74) is 2.22. The predicted octanol–water partition coefficient (Wildman–Crippen LogP) is 3.85. The Kier molecular flexibility index (Phi) is 3.58. The summed E-state index contributed by atoms with van der Waals surface area (Å²) in [7, 11) is 0. The van der Waals surface area contributed by atoms with Crippen LogP contribution in [-0.4, -0.2) is 15.6 Å². The molecule has 3 nitrogen and oxygen atoms in total. The van der Waals surface area contributed by atoms with Gasteiger partial charge in [0.1, 0.15) is 5.69 Å². The van der Waals surface area contributed by atoms with Gasteiger partial charge < -0.3 is 9.67 Å². The first-order chi connectivity index (χ1) is 7.99. The molecule has 1 aromatic carbocycles. The molecule has 0 atom stereocenters. The van der Waals surface area contributed by atoms with Crippen molar-refractivity contribution in [3.8, 4) is 5.69 Å². The van der Waals surface area contributed by atoms with Gasteiger partial charge in [-0.1, -0.05) is 22.0 Å². The largest absolute Gasteiger partial charge is 0.477 e. The zero-order valence-electron chi connectivity index (χ0n) is 8.95. The fourth-order valence-electron chi connectivity index (χ4n) is 1.54. The van der Waals surface area contributed by atoms with Crippen molar-refractivity contribution in [2.24, 2.45) is 0 Å². The fourth-order valence-corrected chi connectivity index (χ4v) is 2.48. The average molecular weight is 406 g/mol. The van der Waals surface area contributed by atoms with Gasteiger partial charge >= 0.3 is 5.97 Å². The lowest BCUT2D eigenvalue weighted by Crippen LogP contribution is -2.05. The van der Waals surface area contributed by atoms with Gasteiger partial charge in [0.25, 0.3) is 0 Å². The van der Waals surface area contributed by atoms with Crippen molar-refractivity contribution >= 4 is 44.5 Å². The first-order valence-electron chi connectivity index (χ1n) is 4.87. The van der Waals surface area contributed by atoms with E-state index in [2.05, 4.69) is 38.5 Å². The van der Waals surface area contributed by atoms with Gasteiger partial charge in [-0.3, -0.25) is 0 Å². The number of halogens is 2. The number of carboxylic acid groups (broad SMARTS) is 1. The number of nitrogens with zero attached hydrogens (tertiary/aromatic N) is 1. The highest BCUT2D eigenvalue weighted by Crippen LogP contribution is 2.23. The minimum atomic E-state index is -0.926. The Hall–Kier alpha value is -0.820. The number of rotatable bonds is 2. The summed E-state index contributed by atoms with van der Waals surface area (Å²) < 4.78 is 3.54. The van der Waals surface area contributed by atoms with Gasteiger partial charge in [-0.05, 0) is 53.3 Å².